The van der Waals surface area contributed by atoms with E-state index in [0.29, 0.717) is 13.0 Å². The van der Waals surface area contributed by atoms with E-state index in [2.05, 4.69) is 10.6 Å². The first-order valence-electron chi connectivity index (χ1n) is 6.50. The minimum absolute atomic E-state index is 0.134. The maximum Gasteiger partial charge on any atom is 0.245 e. The van der Waals surface area contributed by atoms with Crippen molar-refractivity contribution in [3.8, 4) is 0 Å². The van der Waals surface area contributed by atoms with Gasteiger partial charge in [0, 0.05) is 19.0 Å². The number of hydrogen-bond donors (Lipinski definition) is 2. The van der Waals surface area contributed by atoms with Crippen LogP contribution in [0.5, 0.6) is 0 Å². The number of carbonyl (C=O) groups is 3. The molecular weight excluding hydrogens is 246 g/mol. The quantitative estimate of drug-likeness (QED) is 0.750. The molecule has 2 N–H and O–H groups in total. The van der Waals surface area contributed by atoms with Gasteiger partial charge in [-0.2, -0.15) is 0 Å². The summed E-state index contributed by atoms with van der Waals surface area (Å²) in [6.07, 6.45) is 0.612. The van der Waals surface area contributed by atoms with E-state index < -0.39 is 17.5 Å². The number of carbonyl (C=O) groups excluding carboxylic acids is 3. The van der Waals surface area contributed by atoms with E-state index in [1.807, 2.05) is 0 Å². The third kappa shape index (κ3) is 3.68. The lowest BCUT2D eigenvalue weighted by atomic mass is 9.95. The molecule has 1 aliphatic heterocycles. The standard InChI is InChI=1S/C13H23N3O3/c1-8(15-12(19)13(2,3)4)11(18)16(5)9-6-7-14-10(9)17/h8-9H,6-7H2,1-5H3,(H,14,17)(H,15,19)/t8-,9-/m0/s1. The Labute approximate surface area is 113 Å². The van der Waals surface area contributed by atoms with E-state index in [-0.39, 0.29) is 17.7 Å². The van der Waals surface area contributed by atoms with E-state index in [1.165, 1.54) is 4.90 Å². The molecule has 0 aromatic heterocycles. The Hall–Kier alpha value is -1.59. The van der Waals surface area contributed by atoms with Crippen LogP contribution in [0.2, 0.25) is 0 Å². The Bertz CT molecular complexity index is 387. The van der Waals surface area contributed by atoms with Crippen molar-refractivity contribution in [1.29, 1.82) is 0 Å². The molecule has 0 radical (unpaired) electrons. The predicted octanol–water partition coefficient (Wildman–Crippen LogP) is -0.116. The third-order valence-corrected chi connectivity index (χ3v) is 3.23. The SMILES string of the molecule is C[C@H](NC(=O)C(C)(C)C)C(=O)N(C)[C@H]1CCNC1=O. The molecule has 6 heteroatoms. The molecule has 3 amide bonds. The Morgan fingerprint density at radius 3 is 2.42 bits per heavy atom. The van der Waals surface area contributed by atoms with Crippen LogP contribution in [0.25, 0.3) is 0 Å². The number of amides is 3. The first kappa shape index (κ1) is 15.5. The highest BCUT2D eigenvalue weighted by molar-refractivity contribution is 5.93. The molecule has 108 valence electrons. The fourth-order valence-electron chi connectivity index (χ4n) is 1.88. The van der Waals surface area contributed by atoms with Crippen LogP contribution < -0.4 is 10.6 Å². The Morgan fingerprint density at radius 2 is 2.00 bits per heavy atom. The normalized spacial score (nSPS) is 20.7. The smallest absolute Gasteiger partial charge is 0.245 e. The van der Waals surface area contributed by atoms with Gasteiger partial charge in [0.2, 0.25) is 17.7 Å². The van der Waals surface area contributed by atoms with Gasteiger partial charge in [-0.25, -0.2) is 0 Å². The summed E-state index contributed by atoms with van der Waals surface area (Å²) in [4.78, 5) is 36.9. The molecule has 0 spiro atoms. The minimum atomic E-state index is -0.634. The van der Waals surface area contributed by atoms with Gasteiger partial charge in [-0.1, -0.05) is 20.8 Å². The predicted molar refractivity (Wildman–Crippen MR) is 71.2 cm³/mol. The van der Waals surface area contributed by atoms with Crippen LogP contribution in [0.1, 0.15) is 34.1 Å². The zero-order valence-corrected chi connectivity index (χ0v) is 12.2. The van der Waals surface area contributed by atoms with Gasteiger partial charge in [-0.3, -0.25) is 14.4 Å². The molecule has 0 aliphatic carbocycles. The molecule has 1 saturated heterocycles. The molecule has 0 saturated carbocycles. The number of likely N-dealkylation sites (N-methyl/N-ethyl adjacent to an activating group) is 1. The lowest BCUT2D eigenvalue weighted by molar-refractivity contribution is -0.141. The van der Waals surface area contributed by atoms with Gasteiger partial charge in [0.25, 0.3) is 0 Å². The molecule has 6 nitrogen and oxygen atoms in total. The summed E-state index contributed by atoms with van der Waals surface area (Å²) in [7, 11) is 1.59. The highest BCUT2D eigenvalue weighted by atomic mass is 16.2. The van der Waals surface area contributed by atoms with Gasteiger partial charge in [-0.05, 0) is 13.3 Å². The summed E-state index contributed by atoms with van der Waals surface area (Å²) in [5, 5.41) is 5.37. The van der Waals surface area contributed by atoms with E-state index in [1.54, 1.807) is 34.7 Å². The molecule has 1 heterocycles. The third-order valence-electron chi connectivity index (χ3n) is 3.23. The molecule has 1 aliphatic rings. The van der Waals surface area contributed by atoms with Crippen molar-refractivity contribution in [3.05, 3.63) is 0 Å². The maximum absolute atomic E-state index is 12.2. The van der Waals surface area contributed by atoms with E-state index in [9.17, 15) is 14.4 Å². The number of rotatable bonds is 3. The van der Waals surface area contributed by atoms with Crippen LogP contribution in [0.3, 0.4) is 0 Å². The molecule has 0 bridgehead atoms. The average molecular weight is 269 g/mol. The number of hydrogen-bond acceptors (Lipinski definition) is 3. The molecule has 0 aromatic carbocycles. The van der Waals surface area contributed by atoms with Gasteiger partial charge in [-0.15, -0.1) is 0 Å². The van der Waals surface area contributed by atoms with E-state index >= 15 is 0 Å². The van der Waals surface area contributed by atoms with Gasteiger partial charge < -0.3 is 15.5 Å². The van der Waals surface area contributed by atoms with Crippen molar-refractivity contribution in [1.82, 2.24) is 15.5 Å². The van der Waals surface area contributed by atoms with Crippen LogP contribution in [-0.4, -0.2) is 48.3 Å². The summed E-state index contributed by atoms with van der Waals surface area (Å²) in [5.41, 5.74) is -0.544. The van der Waals surface area contributed by atoms with Crippen LogP contribution in [-0.2, 0) is 14.4 Å². The van der Waals surface area contributed by atoms with Crippen molar-refractivity contribution < 1.29 is 14.4 Å². The molecular formula is C13H23N3O3. The average Bonchev–Trinajstić information content (AvgIpc) is 2.72. The van der Waals surface area contributed by atoms with Gasteiger partial charge in [0.1, 0.15) is 12.1 Å². The second kappa shape index (κ2) is 5.59. The van der Waals surface area contributed by atoms with Crippen LogP contribution in [0.4, 0.5) is 0 Å². The lowest BCUT2D eigenvalue weighted by Crippen LogP contribution is -2.52. The second-order valence-corrected chi connectivity index (χ2v) is 5.99. The van der Waals surface area contributed by atoms with Gasteiger partial charge >= 0.3 is 0 Å². The van der Waals surface area contributed by atoms with Crippen LogP contribution in [0.15, 0.2) is 0 Å². The topological polar surface area (TPSA) is 78.5 Å². The fourth-order valence-corrected chi connectivity index (χ4v) is 1.88. The zero-order chi connectivity index (χ0) is 14.8. The van der Waals surface area contributed by atoms with Gasteiger partial charge in [0.05, 0.1) is 0 Å². The summed E-state index contributed by atoms with van der Waals surface area (Å²) < 4.78 is 0. The molecule has 1 rings (SSSR count). The van der Waals surface area contributed by atoms with Crippen molar-refractivity contribution in [2.24, 2.45) is 5.41 Å². The number of nitrogens with one attached hydrogen (secondary N) is 2. The van der Waals surface area contributed by atoms with E-state index in [0.717, 1.165) is 0 Å². The van der Waals surface area contributed by atoms with Crippen molar-refractivity contribution >= 4 is 17.7 Å². The lowest BCUT2D eigenvalue weighted by Gasteiger charge is -2.27. The van der Waals surface area contributed by atoms with Gasteiger partial charge in [0.15, 0.2) is 0 Å². The van der Waals surface area contributed by atoms with Crippen LogP contribution in [0, 0.1) is 5.41 Å². The van der Waals surface area contributed by atoms with Crippen molar-refractivity contribution in [2.45, 2.75) is 46.2 Å². The van der Waals surface area contributed by atoms with Crippen LogP contribution >= 0.6 is 0 Å². The summed E-state index contributed by atoms with van der Waals surface area (Å²) >= 11 is 0. The first-order chi connectivity index (χ1) is 8.64. The highest BCUT2D eigenvalue weighted by Gasteiger charge is 2.34. The van der Waals surface area contributed by atoms with Crippen molar-refractivity contribution in [2.75, 3.05) is 13.6 Å². The first-order valence-corrected chi connectivity index (χ1v) is 6.50. The Kier molecular flexibility index (Phi) is 4.55. The molecule has 1 fully saturated rings. The number of nitrogens with zero attached hydrogens (tertiary/aromatic N) is 1. The summed E-state index contributed by atoms with van der Waals surface area (Å²) in [5.74, 6) is -0.567. The largest absolute Gasteiger partial charge is 0.354 e. The second-order valence-electron chi connectivity index (χ2n) is 5.99. The van der Waals surface area contributed by atoms with Crippen molar-refractivity contribution in [3.63, 3.8) is 0 Å². The van der Waals surface area contributed by atoms with E-state index in [4.69, 9.17) is 0 Å². The zero-order valence-electron chi connectivity index (χ0n) is 12.2. The summed E-state index contributed by atoms with van der Waals surface area (Å²) in [6, 6.07) is -1.06. The minimum Gasteiger partial charge on any atom is -0.354 e. The Morgan fingerprint density at radius 1 is 1.42 bits per heavy atom. The monoisotopic (exact) mass is 269 g/mol. The maximum atomic E-state index is 12.2. The molecule has 19 heavy (non-hydrogen) atoms. The molecule has 0 aromatic rings. The highest BCUT2D eigenvalue weighted by Crippen LogP contribution is 2.14. The Balaban J connectivity index is 2.62. The fraction of sp³-hybridized carbons (Fsp3) is 0.769. The molecule has 0 unspecified atom stereocenters. The molecule has 2 atom stereocenters. The summed E-state index contributed by atoms with van der Waals surface area (Å²) in [6.45, 7) is 7.58.